The largest absolute Gasteiger partial charge is 0.493 e. The fourth-order valence-corrected chi connectivity index (χ4v) is 5.51. The Bertz CT molecular complexity index is 717. The van der Waals surface area contributed by atoms with Gasteiger partial charge >= 0.3 is 0 Å². The smallest absolute Gasteiger partial charge is 0.227 e. The first-order valence-corrected chi connectivity index (χ1v) is 12.7. The van der Waals surface area contributed by atoms with Gasteiger partial charge in [-0.25, -0.2) is 0 Å². The average Bonchev–Trinajstić information content (AvgIpc) is 3.40. The van der Waals surface area contributed by atoms with E-state index in [2.05, 4.69) is 35.3 Å². The summed E-state index contributed by atoms with van der Waals surface area (Å²) in [5, 5.41) is 3.69. The standard InChI is InChI=1S/C26H41N3O2/c1-21-8-5-14-28(21)15-7-17-31-25-13-12-24(29-16-6-11-26(29)30)18-23(25)20-27-19-22-9-3-2-4-10-22/h12-13,18,21-22,27H,2-11,14-17,19-20H2,1H3. The second kappa shape index (κ2) is 11.3. The van der Waals surface area contributed by atoms with Crippen molar-refractivity contribution in [3.63, 3.8) is 0 Å². The Morgan fingerprint density at radius 2 is 1.94 bits per heavy atom. The molecule has 31 heavy (non-hydrogen) atoms. The summed E-state index contributed by atoms with van der Waals surface area (Å²) in [4.78, 5) is 16.7. The van der Waals surface area contributed by atoms with E-state index in [4.69, 9.17) is 4.74 Å². The Labute approximate surface area is 188 Å². The van der Waals surface area contributed by atoms with Crippen molar-refractivity contribution >= 4 is 11.6 Å². The highest BCUT2D eigenvalue weighted by atomic mass is 16.5. The van der Waals surface area contributed by atoms with E-state index in [0.29, 0.717) is 6.42 Å². The van der Waals surface area contributed by atoms with Crippen LogP contribution in [0.1, 0.15) is 76.7 Å². The molecule has 2 aliphatic heterocycles. The Hall–Kier alpha value is -1.59. The van der Waals surface area contributed by atoms with E-state index in [1.807, 2.05) is 4.90 Å². The van der Waals surface area contributed by atoms with Crippen molar-refractivity contribution < 1.29 is 9.53 Å². The summed E-state index contributed by atoms with van der Waals surface area (Å²) in [6.45, 7) is 8.17. The molecule has 3 fully saturated rings. The van der Waals surface area contributed by atoms with Gasteiger partial charge in [0.1, 0.15) is 5.75 Å². The van der Waals surface area contributed by atoms with Gasteiger partial charge in [-0.2, -0.15) is 0 Å². The van der Waals surface area contributed by atoms with Crippen molar-refractivity contribution in [3.05, 3.63) is 23.8 Å². The number of hydrogen-bond donors (Lipinski definition) is 1. The van der Waals surface area contributed by atoms with Gasteiger partial charge < -0.3 is 19.9 Å². The summed E-state index contributed by atoms with van der Waals surface area (Å²) >= 11 is 0. The summed E-state index contributed by atoms with van der Waals surface area (Å²) in [6, 6.07) is 7.04. The van der Waals surface area contributed by atoms with Crippen molar-refractivity contribution in [2.75, 3.05) is 37.7 Å². The molecule has 1 N–H and O–H groups in total. The van der Waals surface area contributed by atoms with Gasteiger partial charge in [-0.1, -0.05) is 19.3 Å². The maximum Gasteiger partial charge on any atom is 0.227 e. The lowest BCUT2D eigenvalue weighted by Crippen LogP contribution is -2.29. The molecule has 4 rings (SSSR count). The number of ether oxygens (including phenoxy) is 1. The number of nitrogens with zero attached hydrogens (tertiary/aromatic N) is 2. The van der Waals surface area contributed by atoms with E-state index >= 15 is 0 Å². The molecular formula is C26H41N3O2. The highest BCUT2D eigenvalue weighted by Gasteiger charge is 2.23. The van der Waals surface area contributed by atoms with Crippen molar-refractivity contribution in [2.45, 2.75) is 83.7 Å². The van der Waals surface area contributed by atoms with Crippen LogP contribution in [0.4, 0.5) is 5.69 Å². The molecule has 5 nitrogen and oxygen atoms in total. The van der Waals surface area contributed by atoms with Crippen molar-refractivity contribution in [1.82, 2.24) is 10.2 Å². The minimum atomic E-state index is 0.245. The Morgan fingerprint density at radius 1 is 1.06 bits per heavy atom. The second-order valence-electron chi connectivity index (χ2n) is 9.81. The maximum atomic E-state index is 12.2. The van der Waals surface area contributed by atoms with E-state index in [0.717, 1.165) is 69.0 Å². The molecule has 2 heterocycles. The van der Waals surface area contributed by atoms with Gasteiger partial charge in [0.2, 0.25) is 5.91 Å². The lowest BCUT2D eigenvalue weighted by Gasteiger charge is -2.23. The number of amides is 1. The Morgan fingerprint density at radius 3 is 2.68 bits per heavy atom. The lowest BCUT2D eigenvalue weighted by molar-refractivity contribution is -0.117. The molecule has 1 aromatic carbocycles. The minimum Gasteiger partial charge on any atom is -0.493 e. The summed E-state index contributed by atoms with van der Waals surface area (Å²) in [6.07, 6.45) is 12.2. The molecule has 0 aromatic heterocycles. The predicted molar refractivity (Wildman–Crippen MR) is 127 cm³/mol. The Kier molecular flexibility index (Phi) is 8.26. The number of anilines is 1. The first-order chi connectivity index (χ1) is 15.2. The van der Waals surface area contributed by atoms with Gasteiger partial charge in [0.15, 0.2) is 0 Å². The van der Waals surface area contributed by atoms with Gasteiger partial charge in [0.05, 0.1) is 6.61 Å². The van der Waals surface area contributed by atoms with Crippen molar-refractivity contribution in [1.29, 1.82) is 0 Å². The van der Waals surface area contributed by atoms with Gasteiger partial charge in [-0.05, 0) is 82.7 Å². The summed E-state index contributed by atoms with van der Waals surface area (Å²) in [5.74, 6) is 2.03. The number of hydrogen-bond acceptors (Lipinski definition) is 4. The molecule has 1 saturated carbocycles. The molecular weight excluding hydrogens is 386 g/mol. The lowest BCUT2D eigenvalue weighted by atomic mass is 9.89. The van der Waals surface area contributed by atoms with Gasteiger partial charge in [-0.3, -0.25) is 4.79 Å². The number of likely N-dealkylation sites (tertiary alicyclic amines) is 1. The molecule has 1 amide bonds. The molecule has 1 aliphatic carbocycles. The van der Waals surface area contributed by atoms with Crippen LogP contribution < -0.4 is 15.0 Å². The van der Waals surface area contributed by atoms with Gasteiger partial charge in [0, 0.05) is 43.3 Å². The van der Waals surface area contributed by atoms with Crippen molar-refractivity contribution in [2.24, 2.45) is 5.92 Å². The number of carbonyl (C=O) groups is 1. The third-order valence-corrected chi connectivity index (χ3v) is 7.44. The first-order valence-electron chi connectivity index (χ1n) is 12.7. The zero-order valence-corrected chi connectivity index (χ0v) is 19.4. The van der Waals surface area contributed by atoms with Crippen LogP contribution in [0.5, 0.6) is 5.75 Å². The molecule has 0 bridgehead atoms. The van der Waals surface area contributed by atoms with Crippen LogP contribution in [0.25, 0.3) is 0 Å². The average molecular weight is 428 g/mol. The summed E-state index contributed by atoms with van der Waals surface area (Å²) in [5.41, 5.74) is 2.21. The number of rotatable bonds is 10. The summed E-state index contributed by atoms with van der Waals surface area (Å²) < 4.78 is 6.25. The minimum absolute atomic E-state index is 0.245. The molecule has 1 atom stereocenters. The Balaban J connectivity index is 1.34. The maximum absolute atomic E-state index is 12.2. The van der Waals surface area contributed by atoms with E-state index < -0.39 is 0 Å². The zero-order valence-electron chi connectivity index (χ0n) is 19.4. The van der Waals surface area contributed by atoms with Crippen LogP contribution in [0.2, 0.25) is 0 Å². The van der Waals surface area contributed by atoms with Gasteiger partial charge in [0.25, 0.3) is 0 Å². The van der Waals surface area contributed by atoms with E-state index in [9.17, 15) is 4.79 Å². The van der Waals surface area contributed by atoms with Crippen molar-refractivity contribution in [3.8, 4) is 5.75 Å². The summed E-state index contributed by atoms with van der Waals surface area (Å²) in [7, 11) is 0. The second-order valence-corrected chi connectivity index (χ2v) is 9.81. The van der Waals surface area contributed by atoms with Crippen LogP contribution in [0, 0.1) is 5.92 Å². The first kappa shape index (κ1) is 22.6. The molecule has 0 spiro atoms. The molecule has 2 saturated heterocycles. The SMILES string of the molecule is CC1CCCN1CCCOc1ccc(N2CCCC2=O)cc1CNCC1CCCCC1. The predicted octanol–water partition coefficient (Wildman–Crippen LogP) is 4.74. The number of carbonyl (C=O) groups excluding carboxylic acids is 1. The quantitative estimate of drug-likeness (QED) is 0.548. The van der Waals surface area contributed by atoms with E-state index in [1.54, 1.807) is 0 Å². The third kappa shape index (κ3) is 6.23. The fourth-order valence-electron chi connectivity index (χ4n) is 5.51. The zero-order chi connectivity index (χ0) is 21.5. The third-order valence-electron chi connectivity index (χ3n) is 7.44. The van der Waals surface area contributed by atoms with Crippen LogP contribution in [0.15, 0.2) is 18.2 Å². The fraction of sp³-hybridized carbons (Fsp3) is 0.731. The highest BCUT2D eigenvalue weighted by molar-refractivity contribution is 5.95. The molecule has 1 unspecified atom stereocenters. The van der Waals surface area contributed by atoms with Crippen LogP contribution >= 0.6 is 0 Å². The van der Waals surface area contributed by atoms with Crippen LogP contribution in [-0.2, 0) is 11.3 Å². The van der Waals surface area contributed by atoms with Crippen LogP contribution in [-0.4, -0.2) is 49.6 Å². The number of nitrogens with one attached hydrogen (secondary N) is 1. The molecule has 0 radical (unpaired) electrons. The number of benzene rings is 1. The van der Waals surface area contributed by atoms with E-state index in [1.165, 1.54) is 57.1 Å². The van der Waals surface area contributed by atoms with Gasteiger partial charge in [-0.15, -0.1) is 0 Å². The monoisotopic (exact) mass is 427 g/mol. The molecule has 1 aromatic rings. The van der Waals surface area contributed by atoms with Crippen LogP contribution in [0.3, 0.4) is 0 Å². The normalized spacial score (nSPS) is 23.1. The van der Waals surface area contributed by atoms with E-state index in [-0.39, 0.29) is 5.91 Å². The molecule has 5 heteroatoms. The topological polar surface area (TPSA) is 44.8 Å². The molecule has 172 valence electrons. The highest BCUT2D eigenvalue weighted by Crippen LogP contribution is 2.29. The molecule has 3 aliphatic rings.